The van der Waals surface area contributed by atoms with Crippen LogP contribution >= 0.6 is 22.9 Å². The molecule has 130 valence electrons. The predicted molar refractivity (Wildman–Crippen MR) is 94.4 cm³/mol. The number of nitrogens with one attached hydrogen (secondary N) is 1. The summed E-state index contributed by atoms with van der Waals surface area (Å²) >= 11 is 7.04. The van der Waals surface area contributed by atoms with Crippen molar-refractivity contribution in [1.29, 1.82) is 0 Å². The molecule has 0 atom stereocenters. The van der Waals surface area contributed by atoms with Gasteiger partial charge in [-0.05, 0) is 23.6 Å². The van der Waals surface area contributed by atoms with Gasteiger partial charge in [0.1, 0.15) is 4.88 Å². The molecular weight excluding hydrogens is 368 g/mol. The summed E-state index contributed by atoms with van der Waals surface area (Å²) in [6.07, 6.45) is 0.0353. The van der Waals surface area contributed by atoms with Gasteiger partial charge in [0, 0.05) is 24.1 Å². The number of halogens is 1. The number of ether oxygens (including phenoxy) is 1. The maximum atomic E-state index is 12.1. The lowest BCUT2D eigenvalue weighted by Crippen LogP contribution is -2.20. The molecule has 3 aromatic rings. The van der Waals surface area contributed by atoms with Crippen LogP contribution in [0.5, 0.6) is 0 Å². The molecule has 25 heavy (non-hydrogen) atoms. The number of oxazole rings is 1. The first-order valence-corrected chi connectivity index (χ1v) is 8.50. The molecule has 0 unspecified atom stereocenters. The van der Waals surface area contributed by atoms with Crippen molar-refractivity contribution in [2.75, 3.05) is 12.4 Å². The summed E-state index contributed by atoms with van der Waals surface area (Å²) in [4.78, 5) is 36.0. The van der Waals surface area contributed by atoms with E-state index in [1.54, 1.807) is 29.6 Å². The number of aromatic nitrogens is 1. The predicted octanol–water partition coefficient (Wildman–Crippen LogP) is 3.12. The fourth-order valence-electron chi connectivity index (χ4n) is 2.34. The largest absolute Gasteiger partial charge is 0.465 e. The van der Waals surface area contributed by atoms with Crippen LogP contribution in [-0.4, -0.2) is 23.6 Å². The first-order valence-electron chi connectivity index (χ1n) is 7.24. The molecule has 0 aliphatic heterocycles. The highest BCUT2D eigenvalue weighted by Crippen LogP contribution is 2.23. The standard InChI is InChI=1S/C16H13ClN2O5S/c1-23-15(21)14-10(5-7-25-14)18-13(20)4-6-19-11-3-2-9(17)8-12(11)24-16(19)22/h2-3,5,7-8H,4,6H2,1H3,(H,18,20). The number of benzene rings is 1. The third-order valence-corrected chi connectivity index (χ3v) is 4.63. The van der Waals surface area contributed by atoms with E-state index in [4.69, 9.17) is 16.0 Å². The second kappa shape index (κ2) is 7.12. The van der Waals surface area contributed by atoms with Gasteiger partial charge >= 0.3 is 11.7 Å². The molecule has 2 aromatic heterocycles. The molecule has 0 spiro atoms. The summed E-state index contributed by atoms with van der Waals surface area (Å²) in [5, 5.41) is 4.79. The number of carbonyl (C=O) groups is 2. The van der Waals surface area contributed by atoms with Crippen molar-refractivity contribution in [2.45, 2.75) is 13.0 Å². The van der Waals surface area contributed by atoms with Crippen molar-refractivity contribution in [2.24, 2.45) is 0 Å². The minimum Gasteiger partial charge on any atom is -0.465 e. The number of carbonyl (C=O) groups excluding carboxylic acids is 2. The minimum absolute atomic E-state index is 0.0353. The van der Waals surface area contributed by atoms with E-state index in [1.165, 1.54) is 23.0 Å². The van der Waals surface area contributed by atoms with Crippen LogP contribution in [0.2, 0.25) is 5.02 Å². The summed E-state index contributed by atoms with van der Waals surface area (Å²) in [6.45, 7) is 0.136. The molecule has 1 N–H and O–H groups in total. The fraction of sp³-hybridized carbons (Fsp3) is 0.188. The lowest BCUT2D eigenvalue weighted by Gasteiger charge is -2.06. The zero-order valence-corrected chi connectivity index (χ0v) is 14.6. The smallest absolute Gasteiger partial charge is 0.419 e. The Bertz CT molecular complexity index is 1000. The molecule has 0 radical (unpaired) electrons. The summed E-state index contributed by atoms with van der Waals surface area (Å²) in [5.74, 6) is -1.41. The third kappa shape index (κ3) is 3.59. The van der Waals surface area contributed by atoms with E-state index in [0.29, 0.717) is 26.7 Å². The van der Waals surface area contributed by atoms with Gasteiger partial charge in [-0.25, -0.2) is 9.59 Å². The summed E-state index contributed by atoms with van der Waals surface area (Å²) in [5.41, 5.74) is 1.31. The number of hydrogen-bond donors (Lipinski definition) is 1. The molecule has 3 rings (SSSR count). The SMILES string of the molecule is COC(=O)c1sccc1NC(=O)CCn1c(=O)oc2cc(Cl)ccc21. The van der Waals surface area contributed by atoms with Gasteiger partial charge in [-0.2, -0.15) is 0 Å². The van der Waals surface area contributed by atoms with Gasteiger partial charge in [0.25, 0.3) is 0 Å². The maximum absolute atomic E-state index is 12.1. The van der Waals surface area contributed by atoms with E-state index in [9.17, 15) is 14.4 Å². The molecular formula is C16H13ClN2O5S. The molecule has 0 saturated carbocycles. The lowest BCUT2D eigenvalue weighted by atomic mass is 10.3. The Kier molecular flexibility index (Phi) is 4.91. The molecule has 7 nitrogen and oxygen atoms in total. The second-order valence-electron chi connectivity index (χ2n) is 5.08. The average molecular weight is 381 g/mol. The highest BCUT2D eigenvalue weighted by atomic mass is 35.5. The second-order valence-corrected chi connectivity index (χ2v) is 6.44. The molecule has 1 aromatic carbocycles. The zero-order valence-electron chi connectivity index (χ0n) is 13.1. The molecule has 9 heteroatoms. The Morgan fingerprint density at radius 1 is 1.36 bits per heavy atom. The monoisotopic (exact) mass is 380 g/mol. The quantitative estimate of drug-likeness (QED) is 0.687. The normalized spacial score (nSPS) is 10.8. The number of thiophene rings is 1. The van der Waals surface area contributed by atoms with Gasteiger partial charge in [0.15, 0.2) is 5.58 Å². The fourth-order valence-corrected chi connectivity index (χ4v) is 3.26. The van der Waals surface area contributed by atoms with E-state index in [1.807, 2.05) is 0 Å². The highest BCUT2D eigenvalue weighted by molar-refractivity contribution is 7.12. The number of amides is 1. The van der Waals surface area contributed by atoms with E-state index >= 15 is 0 Å². The Morgan fingerprint density at radius 3 is 2.92 bits per heavy atom. The van der Waals surface area contributed by atoms with Crippen LogP contribution in [0.4, 0.5) is 5.69 Å². The number of aryl methyl sites for hydroxylation is 1. The van der Waals surface area contributed by atoms with Crippen molar-refractivity contribution in [3.8, 4) is 0 Å². The van der Waals surface area contributed by atoms with Crippen LogP contribution in [0, 0.1) is 0 Å². The van der Waals surface area contributed by atoms with E-state index in [0.717, 1.165) is 0 Å². The summed E-state index contributed by atoms with van der Waals surface area (Å²) in [6, 6.07) is 6.47. The number of rotatable bonds is 5. The topological polar surface area (TPSA) is 90.5 Å². The highest BCUT2D eigenvalue weighted by Gasteiger charge is 2.16. The number of hydrogen-bond acceptors (Lipinski definition) is 6. The van der Waals surface area contributed by atoms with Crippen molar-refractivity contribution in [3.63, 3.8) is 0 Å². The molecule has 0 fully saturated rings. The Labute approximate surface area is 150 Å². The number of fused-ring (bicyclic) bond motifs is 1. The van der Waals surface area contributed by atoms with Crippen LogP contribution < -0.4 is 11.1 Å². The van der Waals surface area contributed by atoms with Gasteiger partial charge in [-0.3, -0.25) is 9.36 Å². The van der Waals surface area contributed by atoms with Crippen molar-refractivity contribution >= 4 is 51.6 Å². The lowest BCUT2D eigenvalue weighted by molar-refractivity contribution is -0.116. The van der Waals surface area contributed by atoms with Crippen molar-refractivity contribution < 1.29 is 18.7 Å². The molecule has 0 bridgehead atoms. The Balaban J connectivity index is 1.71. The average Bonchev–Trinajstić information content (AvgIpc) is 3.15. The first kappa shape index (κ1) is 17.2. The van der Waals surface area contributed by atoms with E-state index < -0.39 is 11.7 Å². The maximum Gasteiger partial charge on any atom is 0.419 e. The van der Waals surface area contributed by atoms with Crippen LogP contribution in [0.25, 0.3) is 11.1 Å². The van der Waals surface area contributed by atoms with E-state index in [-0.39, 0.29) is 18.9 Å². The summed E-state index contributed by atoms with van der Waals surface area (Å²) in [7, 11) is 1.27. The Morgan fingerprint density at radius 2 is 2.16 bits per heavy atom. The number of esters is 1. The molecule has 0 saturated heterocycles. The molecule has 0 aliphatic carbocycles. The van der Waals surface area contributed by atoms with E-state index in [2.05, 4.69) is 10.1 Å². The van der Waals surface area contributed by atoms with Crippen molar-refractivity contribution in [1.82, 2.24) is 4.57 Å². The first-order chi connectivity index (χ1) is 12.0. The molecule has 1 amide bonds. The third-order valence-electron chi connectivity index (χ3n) is 3.50. The Hall–Kier alpha value is -2.58. The van der Waals surface area contributed by atoms with Gasteiger partial charge in [-0.15, -0.1) is 11.3 Å². The number of nitrogens with zero attached hydrogens (tertiary/aromatic N) is 1. The van der Waals surface area contributed by atoms with Crippen LogP contribution in [-0.2, 0) is 16.1 Å². The minimum atomic E-state index is -0.559. The van der Waals surface area contributed by atoms with Crippen molar-refractivity contribution in [3.05, 3.63) is 50.1 Å². The van der Waals surface area contributed by atoms with Gasteiger partial charge in [-0.1, -0.05) is 11.6 Å². The van der Waals surface area contributed by atoms with Gasteiger partial charge in [0.05, 0.1) is 18.3 Å². The molecule has 0 aliphatic rings. The zero-order chi connectivity index (χ0) is 18.0. The summed E-state index contributed by atoms with van der Waals surface area (Å²) < 4.78 is 11.1. The number of methoxy groups -OCH3 is 1. The van der Waals surface area contributed by atoms with Crippen LogP contribution in [0.1, 0.15) is 16.1 Å². The van der Waals surface area contributed by atoms with Crippen LogP contribution in [0.3, 0.4) is 0 Å². The number of anilines is 1. The molecule has 2 heterocycles. The van der Waals surface area contributed by atoms with Gasteiger partial charge in [0.2, 0.25) is 5.91 Å². The van der Waals surface area contributed by atoms with Gasteiger partial charge < -0.3 is 14.5 Å². The van der Waals surface area contributed by atoms with Crippen LogP contribution in [0.15, 0.2) is 38.9 Å².